The van der Waals surface area contributed by atoms with Crippen molar-refractivity contribution in [2.45, 2.75) is 4.90 Å². The molecule has 0 heterocycles. The van der Waals surface area contributed by atoms with Gasteiger partial charge in [-0.1, -0.05) is 18.2 Å². The summed E-state index contributed by atoms with van der Waals surface area (Å²) in [5, 5.41) is 2.93. The fourth-order valence-corrected chi connectivity index (χ4v) is 2.76. The number of benzene rings is 2. The number of nitrogens with one attached hydrogen (secondary N) is 1. The number of carbonyl (C=O) groups excluding carboxylic acids is 1. The van der Waals surface area contributed by atoms with Gasteiger partial charge < -0.3 is 14.8 Å². The van der Waals surface area contributed by atoms with Crippen LogP contribution in [0.1, 0.15) is 10.4 Å². The van der Waals surface area contributed by atoms with Crippen molar-refractivity contribution in [2.75, 3.05) is 25.3 Å². The predicted octanol–water partition coefficient (Wildman–Crippen LogP) is 4.23. The number of rotatable bonds is 7. The summed E-state index contributed by atoms with van der Waals surface area (Å²) in [7, 11) is 3.10. The monoisotopic (exact) mass is 329 g/mol. The zero-order chi connectivity index (χ0) is 16.7. The van der Waals surface area contributed by atoms with Crippen LogP contribution in [-0.4, -0.2) is 25.9 Å². The second-order valence-electron chi connectivity index (χ2n) is 4.62. The van der Waals surface area contributed by atoms with Gasteiger partial charge in [0.05, 0.1) is 19.9 Å². The van der Waals surface area contributed by atoms with Crippen LogP contribution >= 0.6 is 11.8 Å². The molecule has 1 amide bonds. The lowest BCUT2D eigenvalue weighted by atomic mass is 10.2. The number of para-hydroxylation sites is 1. The Hall–Kier alpha value is -2.40. The smallest absolute Gasteiger partial charge is 0.255 e. The highest BCUT2D eigenvalue weighted by Crippen LogP contribution is 2.30. The topological polar surface area (TPSA) is 47.6 Å². The van der Waals surface area contributed by atoms with Gasteiger partial charge in [-0.15, -0.1) is 18.3 Å². The van der Waals surface area contributed by atoms with Crippen LogP contribution in [-0.2, 0) is 0 Å². The van der Waals surface area contributed by atoms with E-state index < -0.39 is 0 Å². The van der Waals surface area contributed by atoms with Crippen molar-refractivity contribution in [1.29, 1.82) is 0 Å². The molecule has 2 aromatic rings. The molecule has 0 aliphatic heterocycles. The maximum absolute atomic E-state index is 12.5. The molecule has 120 valence electrons. The van der Waals surface area contributed by atoms with E-state index in [0.717, 1.165) is 16.3 Å². The number of anilines is 1. The summed E-state index contributed by atoms with van der Waals surface area (Å²) in [5.41, 5.74) is 1.28. The molecule has 2 aromatic carbocycles. The lowest BCUT2D eigenvalue weighted by molar-refractivity contribution is 0.102. The number of ether oxygens (including phenoxy) is 2. The van der Waals surface area contributed by atoms with Crippen molar-refractivity contribution in [1.82, 2.24) is 0 Å². The molecule has 0 aromatic heterocycles. The van der Waals surface area contributed by atoms with Crippen molar-refractivity contribution in [3.8, 4) is 11.5 Å². The van der Waals surface area contributed by atoms with E-state index in [4.69, 9.17) is 9.47 Å². The Labute approximate surface area is 140 Å². The number of thioether (sulfide) groups is 1. The summed E-state index contributed by atoms with van der Waals surface area (Å²) < 4.78 is 10.4. The van der Waals surface area contributed by atoms with E-state index >= 15 is 0 Å². The third-order valence-corrected chi connectivity index (χ3v) is 4.21. The summed E-state index contributed by atoms with van der Waals surface area (Å²) >= 11 is 1.62. The number of carbonyl (C=O) groups is 1. The summed E-state index contributed by atoms with van der Waals surface area (Å²) in [6, 6.07) is 12.8. The molecule has 4 nitrogen and oxygen atoms in total. The zero-order valence-corrected chi connectivity index (χ0v) is 14.0. The first-order valence-electron chi connectivity index (χ1n) is 7.05. The molecular weight excluding hydrogens is 310 g/mol. The molecule has 0 aliphatic rings. The molecule has 0 saturated heterocycles. The average molecular weight is 329 g/mol. The molecule has 0 radical (unpaired) electrons. The lowest BCUT2D eigenvalue weighted by Gasteiger charge is -2.12. The van der Waals surface area contributed by atoms with Crippen molar-refractivity contribution in [2.24, 2.45) is 0 Å². The third-order valence-electron chi connectivity index (χ3n) is 3.14. The van der Waals surface area contributed by atoms with Gasteiger partial charge in [0.2, 0.25) is 0 Å². The Morgan fingerprint density at radius 3 is 2.61 bits per heavy atom. The maximum atomic E-state index is 12.5. The number of amides is 1. The van der Waals surface area contributed by atoms with Crippen LogP contribution in [0.2, 0.25) is 0 Å². The number of hydrogen-bond acceptors (Lipinski definition) is 4. The number of methoxy groups -OCH3 is 2. The minimum absolute atomic E-state index is 0.197. The lowest BCUT2D eigenvalue weighted by Crippen LogP contribution is -2.12. The van der Waals surface area contributed by atoms with Gasteiger partial charge >= 0.3 is 0 Å². The van der Waals surface area contributed by atoms with Crippen molar-refractivity contribution in [3.63, 3.8) is 0 Å². The third kappa shape index (κ3) is 4.29. The van der Waals surface area contributed by atoms with E-state index in [0.29, 0.717) is 17.1 Å². The van der Waals surface area contributed by atoms with Crippen molar-refractivity contribution >= 4 is 23.4 Å². The van der Waals surface area contributed by atoms with Gasteiger partial charge in [0.1, 0.15) is 0 Å². The van der Waals surface area contributed by atoms with Crippen LogP contribution in [0.3, 0.4) is 0 Å². The average Bonchev–Trinajstić information content (AvgIpc) is 2.60. The van der Waals surface area contributed by atoms with Crippen LogP contribution in [0.5, 0.6) is 11.5 Å². The minimum atomic E-state index is -0.197. The number of hydrogen-bond donors (Lipinski definition) is 1. The van der Waals surface area contributed by atoms with Gasteiger partial charge in [-0.2, -0.15) is 0 Å². The Morgan fingerprint density at radius 2 is 1.91 bits per heavy atom. The molecule has 23 heavy (non-hydrogen) atoms. The molecule has 0 spiro atoms. The first-order valence-corrected chi connectivity index (χ1v) is 8.04. The molecule has 1 N–H and O–H groups in total. The van der Waals surface area contributed by atoms with Gasteiger partial charge in [-0.05, 0) is 30.3 Å². The molecule has 0 saturated carbocycles. The van der Waals surface area contributed by atoms with Crippen LogP contribution in [0, 0.1) is 0 Å². The van der Waals surface area contributed by atoms with Crippen LogP contribution < -0.4 is 14.8 Å². The van der Waals surface area contributed by atoms with Crippen LogP contribution in [0.4, 0.5) is 5.69 Å². The van der Waals surface area contributed by atoms with Crippen LogP contribution in [0.15, 0.2) is 60.0 Å². The second-order valence-corrected chi connectivity index (χ2v) is 5.68. The van der Waals surface area contributed by atoms with Crippen LogP contribution in [0.25, 0.3) is 0 Å². The highest BCUT2D eigenvalue weighted by atomic mass is 32.2. The van der Waals surface area contributed by atoms with Crippen molar-refractivity contribution < 1.29 is 14.3 Å². The molecule has 2 rings (SSSR count). The largest absolute Gasteiger partial charge is 0.493 e. The molecule has 5 heteroatoms. The van der Waals surface area contributed by atoms with E-state index in [1.807, 2.05) is 30.3 Å². The predicted molar refractivity (Wildman–Crippen MR) is 94.9 cm³/mol. The van der Waals surface area contributed by atoms with Gasteiger partial charge in [0.15, 0.2) is 11.5 Å². The standard InChI is InChI=1S/C18H19NO3S/c1-4-11-23-17-8-6-5-7-14(17)19-18(20)13-9-10-15(21-2)16(12-13)22-3/h4-10,12H,1,11H2,2-3H3,(H,19,20). The van der Waals surface area contributed by atoms with Gasteiger partial charge in [0, 0.05) is 16.2 Å². The summed E-state index contributed by atoms with van der Waals surface area (Å²) in [5.74, 6) is 1.70. The first kappa shape index (κ1) is 17.0. The summed E-state index contributed by atoms with van der Waals surface area (Å²) in [6.07, 6.45) is 1.83. The Kier molecular flexibility index (Phi) is 6.11. The minimum Gasteiger partial charge on any atom is -0.493 e. The van der Waals surface area contributed by atoms with Gasteiger partial charge in [-0.25, -0.2) is 0 Å². The Balaban J connectivity index is 2.21. The van der Waals surface area contributed by atoms with Crippen molar-refractivity contribution in [3.05, 3.63) is 60.7 Å². The van der Waals surface area contributed by atoms with E-state index in [1.54, 1.807) is 44.2 Å². The molecular formula is C18H19NO3S. The quantitative estimate of drug-likeness (QED) is 0.610. The summed E-state index contributed by atoms with van der Waals surface area (Å²) in [6.45, 7) is 3.72. The second kappa shape index (κ2) is 8.29. The molecule has 0 atom stereocenters. The molecule has 0 unspecified atom stereocenters. The molecule has 0 fully saturated rings. The highest BCUT2D eigenvalue weighted by molar-refractivity contribution is 7.99. The maximum Gasteiger partial charge on any atom is 0.255 e. The van der Waals surface area contributed by atoms with Gasteiger partial charge in [0.25, 0.3) is 5.91 Å². The van der Waals surface area contributed by atoms with Gasteiger partial charge in [-0.3, -0.25) is 4.79 Å². The molecule has 0 aliphatic carbocycles. The molecule has 0 bridgehead atoms. The normalized spacial score (nSPS) is 10.0. The van der Waals surface area contributed by atoms with E-state index in [9.17, 15) is 4.79 Å². The fraction of sp³-hybridized carbons (Fsp3) is 0.167. The Bertz CT molecular complexity index is 700. The SMILES string of the molecule is C=CCSc1ccccc1NC(=O)c1ccc(OC)c(OC)c1. The Morgan fingerprint density at radius 1 is 1.17 bits per heavy atom. The van der Waals surface area contributed by atoms with E-state index in [1.165, 1.54) is 0 Å². The first-order chi connectivity index (χ1) is 11.2. The zero-order valence-electron chi connectivity index (χ0n) is 13.2. The summed E-state index contributed by atoms with van der Waals surface area (Å²) in [4.78, 5) is 13.5. The highest BCUT2D eigenvalue weighted by Gasteiger charge is 2.12. The van der Waals surface area contributed by atoms with E-state index in [-0.39, 0.29) is 5.91 Å². The fourth-order valence-electron chi connectivity index (χ4n) is 2.02. The van der Waals surface area contributed by atoms with E-state index in [2.05, 4.69) is 11.9 Å².